The quantitative estimate of drug-likeness (QED) is 0.775. The first kappa shape index (κ1) is 20.8. The van der Waals surface area contributed by atoms with Crippen molar-refractivity contribution in [1.82, 2.24) is 15.3 Å². The number of anilines is 3. The number of carbonyl (C=O) groups excluding carboxylic acids is 2. The van der Waals surface area contributed by atoms with Gasteiger partial charge in [0.2, 0.25) is 5.91 Å². The van der Waals surface area contributed by atoms with Crippen molar-refractivity contribution < 1.29 is 18.7 Å². The van der Waals surface area contributed by atoms with E-state index in [2.05, 4.69) is 20.2 Å². The maximum Gasteiger partial charge on any atom is 0.414 e. The van der Waals surface area contributed by atoms with Gasteiger partial charge in [0.15, 0.2) is 0 Å². The number of cyclic esters (lactones) is 1. The van der Waals surface area contributed by atoms with Crippen molar-refractivity contribution in [3.8, 4) is 0 Å². The third kappa shape index (κ3) is 4.68. The molecule has 0 radical (unpaired) electrons. The predicted molar refractivity (Wildman–Crippen MR) is 114 cm³/mol. The monoisotopic (exact) mass is 428 g/mol. The Labute approximate surface area is 179 Å². The van der Waals surface area contributed by atoms with E-state index in [0.29, 0.717) is 37.6 Å². The molecule has 1 aromatic carbocycles. The fourth-order valence-corrected chi connectivity index (χ4v) is 3.74. The average Bonchev–Trinajstić information content (AvgIpc) is 3.13. The summed E-state index contributed by atoms with van der Waals surface area (Å²) in [5, 5.41) is 2.63. The van der Waals surface area contributed by atoms with Gasteiger partial charge in [-0.25, -0.2) is 14.2 Å². The van der Waals surface area contributed by atoms with Gasteiger partial charge in [0.1, 0.15) is 17.7 Å². The van der Waals surface area contributed by atoms with Gasteiger partial charge in [0.05, 0.1) is 42.6 Å². The molecule has 2 fully saturated rings. The number of aromatic nitrogens is 2. The molecule has 0 unspecified atom stereocenters. The van der Waals surface area contributed by atoms with E-state index >= 15 is 0 Å². The van der Waals surface area contributed by atoms with Gasteiger partial charge in [-0.05, 0) is 25.1 Å². The van der Waals surface area contributed by atoms with Crippen molar-refractivity contribution in [2.24, 2.45) is 0 Å². The van der Waals surface area contributed by atoms with Gasteiger partial charge in [-0.3, -0.25) is 14.7 Å². The number of nitrogens with zero attached hydrogens (tertiary/aromatic N) is 5. The molecule has 9 nitrogen and oxygen atoms in total. The Balaban J connectivity index is 1.38. The number of halogens is 1. The zero-order chi connectivity index (χ0) is 22.0. The van der Waals surface area contributed by atoms with Crippen LogP contribution in [0, 0.1) is 12.7 Å². The van der Waals surface area contributed by atoms with Gasteiger partial charge in [-0.2, -0.15) is 0 Å². The topological polar surface area (TPSA) is 90.9 Å². The number of nitrogens with one attached hydrogen (secondary N) is 1. The van der Waals surface area contributed by atoms with E-state index in [1.807, 2.05) is 11.8 Å². The van der Waals surface area contributed by atoms with Crippen LogP contribution < -0.4 is 20.0 Å². The summed E-state index contributed by atoms with van der Waals surface area (Å²) in [6.07, 6.45) is 2.49. The van der Waals surface area contributed by atoms with Gasteiger partial charge < -0.3 is 19.9 Å². The minimum atomic E-state index is -0.546. The van der Waals surface area contributed by atoms with Gasteiger partial charge >= 0.3 is 6.09 Å². The summed E-state index contributed by atoms with van der Waals surface area (Å²) in [5.41, 5.74) is 1.80. The van der Waals surface area contributed by atoms with Crippen molar-refractivity contribution in [2.75, 3.05) is 54.0 Å². The molecular weight excluding hydrogens is 403 g/mol. The highest BCUT2D eigenvalue weighted by atomic mass is 19.1. The lowest BCUT2D eigenvalue weighted by atomic mass is 10.2. The van der Waals surface area contributed by atoms with E-state index in [9.17, 15) is 14.0 Å². The maximum absolute atomic E-state index is 14.9. The lowest BCUT2D eigenvalue weighted by Crippen LogP contribution is -2.47. The molecule has 0 saturated carbocycles. The summed E-state index contributed by atoms with van der Waals surface area (Å²) in [6, 6.07) is 4.77. The van der Waals surface area contributed by atoms with Gasteiger partial charge in [-0.1, -0.05) is 0 Å². The number of amides is 2. The van der Waals surface area contributed by atoms with Crippen molar-refractivity contribution in [1.29, 1.82) is 0 Å². The van der Waals surface area contributed by atoms with Gasteiger partial charge in [-0.15, -0.1) is 0 Å². The van der Waals surface area contributed by atoms with Crippen LogP contribution in [-0.4, -0.2) is 67.3 Å². The number of rotatable bonds is 5. The third-order valence-electron chi connectivity index (χ3n) is 5.41. The number of piperazine rings is 1. The van der Waals surface area contributed by atoms with Crippen molar-refractivity contribution >= 4 is 29.2 Å². The van der Waals surface area contributed by atoms with Crippen LogP contribution in [0.5, 0.6) is 0 Å². The second kappa shape index (κ2) is 8.75. The number of ether oxygens (including phenoxy) is 1. The minimum absolute atomic E-state index is 0.195. The van der Waals surface area contributed by atoms with Crippen molar-refractivity contribution in [2.45, 2.75) is 20.0 Å². The standard InChI is InChI=1S/C21H25FN6O3/c1-14-10-25-20(12-23-14)27-7-5-26(6-8-27)19-4-3-16(9-18(19)22)28-13-17(31-21(28)30)11-24-15(2)29/h3-4,9-10,12,17H,5-8,11,13H2,1-2H3,(H,24,29)/t17-/m0/s1. The Morgan fingerprint density at radius 2 is 1.94 bits per heavy atom. The molecule has 3 heterocycles. The highest BCUT2D eigenvalue weighted by Gasteiger charge is 2.33. The molecule has 0 spiro atoms. The molecule has 2 amide bonds. The molecule has 1 atom stereocenters. The Morgan fingerprint density at radius 1 is 1.19 bits per heavy atom. The molecule has 10 heteroatoms. The largest absolute Gasteiger partial charge is 0.442 e. The van der Waals surface area contributed by atoms with Crippen LogP contribution in [0.3, 0.4) is 0 Å². The molecular formula is C21H25FN6O3. The number of benzene rings is 1. The Kier molecular flexibility index (Phi) is 5.88. The lowest BCUT2D eigenvalue weighted by molar-refractivity contribution is -0.119. The highest BCUT2D eigenvalue weighted by Crippen LogP contribution is 2.29. The molecule has 0 bridgehead atoms. The Morgan fingerprint density at radius 3 is 2.58 bits per heavy atom. The van der Waals surface area contributed by atoms with Crippen LogP contribution >= 0.6 is 0 Å². The van der Waals surface area contributed by atoms with E-state index in [4.69, 9.17) is 4.74 Å². The van der Waals surface area contributed by atoms with Crippen molar-refractivity contribution in [3.05, 3.63) is 42.1 Å². The first-order valence-electron chi connectivity index (χ1n) is 10.2. The normalized spacial score (nSPS) is 18.9. The molecule has 164 valence electrons. The molecule has 2 aliphatic heterocycles. The van der Waals surface area contributed by atoms with E-state index < -0.39 is 12.2 Å². The van der Waals surface area contributed by atoms with Crippen LogP contribution in [0.1, 0.15) is 12.6 Å². The third-order valence-corrected chi connectivity index (χ3v) is 5.41. The number of carbonyl (C=O) groups is 2. The first-order valence-corrected chi connectivity index (χ1v) is 10.2. The molecule has 1 N–H and O–H groups in total. The van der Waals surface area contributed by atoms with Crippen LogP contribution in [0.15, 0.2) is 30.6 Å². The molecule has 1 aromatic heterocycles. The number of hydrogen-bond donors (Lipinski definition) is 1. The van der Waals surface area contributed by atoms with E-state index in [1.165, 1.54) is 17.9 Å². The smallest absolute Gasteiger partial charge is 0.414 e. The Hall–Kier alpha value is -3.43. The summed E-state index contributed by atoms with van der Waals surface area (Å²) >= 11 is 0. The minimum Gasteiger partial charge on any atom is -0.442 e. The summed E-state index contributed by atoms with van der Waals surface area (Å²) in [7, 11) is 0. The zero-order valence-electron chi connectivity index (χ0n) is 17.5. The lowest BCUT2D eigenvalue weighted by Gasteiger charge is -2.36. The fourth-order valence-electron chi connectivity index (χ4n) is 3.74. The maximum atomic E-state index is 14.9. The van der Waals surface area contributed by atoms with Gasteiger partial charge in [0.25, 0.3) is 0 Å². The molecule has 2 aromatic rings. The van der Waals surface area contributed by atoms with E-state index in [0.717, 1.165) is 11.5 Å². The second-order valence-corrected chi connectivity index (χ2v) is 7.68. The molecule has 31 heavy (non-hydrogen) atoms. The number of aryl methyl sites for hydroxylation is 1. The summed E-state index contributed by atoms with van der Waals surface area (Å²) in [5.74, 6) is 0.237. The van der Waals surface area contributed by atoms with Crippen LogP contribution in [0.4, 0.5) is 26.4 Å². The fraction of sp³-hybridized carbons (Fsp3) is 0.429. The van der Waals surface area contributed by atoms with Crippen LogP contribution in [0.25, 0.3) is 0 Å². The highest BCUT2D eigenvalue weighted by molar-refractivity contribution is 5.90. The zero-order valence-corrected chi connectivity index (χ0v) is 17.5. The van der Waals surface area contributed by atoms with Crippen LogP contribution in [-0.2, 0) is 9.53 Å². The predicted octanol–water partition coefficient (Wildman–Crippen LogP) is 1.71. The summed E-state index contributed by atoms with van der Waals surface area (Å²) in [6.45, 7) is 6.50. The van der Waals surface area contributed by atoms with E-state index in [-0.39, 0.29) is 24.8 Å². The molecule has 4 rings (SSSR count). The molecule has 2 aliphatic rings. The second-order valence-electron chi connectivity index (χ2n) is 7.68. The van der Waals surface area contributed by atoms with Crippen molar-refractivity contribution in [3.63, 3.8) is 0 Å². The summed E-state index contributed by atoms with van der Waals surface area (Å²) in [4.78, 5) is 37.4. The van der Waals surface area contributed by atoms with Crippen LogP contribution in [0.2, 0.25) is 0 Å². The Bertz CT molecular complexity index is 962. The molecule has 0 aliphatic carbocycles. The SMILES string of the molecule is CC(=O)NC[C@H]1CN(c2ccc(N3CCN(c4cnc(C)cn4)CC3)c(F)c2)C(=O)O1. The average molecular weight is 428 g/mol. The first-order chi connectivity index (χ1) is 14.9. The number of hydrogen-bond acceptors (Lipinski definition) is 7. The van der Waals surface area contributed by atoms with Gasteiger partial charge in [0, 0.05) is 33.1 Å². The molecule has 2 saturated heterocycles. The summed E-state index contributed by atoms with van der Waals surface area (Å²) < 4.78 is 20.2. The van der Waals surface area contributed by atoms with E-state index in [1.54, 1.807) is 24.5 Å².